The van der Waals surface area contributed by atoms with Crippen molar-refractivity contribution in [3.63, 3.8) is 0 Å². The molecule has 1 aromatic rings. The Morgan fingerprint density at radius 1 is 1.21 bits per heavy atom. The summed E-state index contributed by atoms with van der Waals surface area (Å²) < 4.78 is 0. The van der Waals surface area contributed by atoms with E-state index in [-0.39, 0.29) is 0 Å². The van der Waals surface area contributed by atoms with Crippen LogP contribution in [0.1, 0.15) is 32.4 Å². The van der Waals surface area contributed by atoms with Crippen LogP contribution in [0.15, 0.2) is 24.3 Å². The molecule has 0 amide bonds. The molecule has 1 unspecified atom stereocenters. The Morgan fingerprint density at radius 3 is 2.21 bits per heavy atom. The van der Waals surface area contributed by atoms with E-state index in [2.05, 4.69) is 26.1 Å². The standard InChI is InChI=1S/C12H19NO/c1-4-13-12(9(2)3)10-5-7-11(14)8-6-10/h5-9,12-14H,4H2,1-3H3. The van der Waals surface area contributed by atoms with Crippen LogP contribution in [0.5, 0.6) is 5.75 Å². The van der Waals surface area contributed by atoms with Crippen molar-refractivity contribution in [2.45, 2.75) is 26.8 Å². The Balaban J connectivity index is 2.82. The maximum absolute atomic E-state index is 9.19. The third kappa shape index (κ3) is 2.74. The predicted molar refractivity (Wildman–Crippen MR) is 59.4 cm³/mol. The molecule has 1 aromatic carbocycles. The van der Waals surface area contributed by atoms with E-state index in [4.69, 9.17) is 0 Å². The number of aromatic hydroxyl groups is 1. The molecular formula is C12H19NO. The number of phenols is 1. The predicted octanol–water partition coefficient (Wildman–Crippen LogP) is 2.70. The van der Waals surface area contributed by atoms with Crippen molar-refractivity contribution in [2.75, 3.05) is 6.54 Å². The van der Waals surface area contributed by atoms with Crippen LogP contribution >= 0.6 is 0 Å². The molecule has 0 spiro atoms. The SMILES string of the molecule is CCNC(c1ccc(O)cc1)C(C)C. The quantitative estimate of drug-likeness (QED) is 0.770. The number of nitrogens with one attached hydrogen (secondary N) is 1. The third-order valence-corrected chi connectivity index (χ3v) is 2.34. The molecule has 2 N–H and O–H groups in total. The molecule has 0 heterocycles. The Bertz CT molecular complexity index is 266. The number of phenolic OH excluding ortho intramolecular Hbond substituents is 1. The van der Waals surface area contributed by atoms with Crippen LogP contribution in [0.4, 0.5) is 0 Å². The van der Waals surface area contributed by atoms with Gasteiger partial charge in [0.15, 0.2) is 0 Å². The average molecular weight is 193 g/mol. The summed E-state index contributed by atoms with van der Waals surface area (Å²) in [6.45, 7) is 7.46. The summed E-state index contributed by atoms with van der Waals surface area (Å²) in [5.74, 6) is 0.882. The third-order valence-electron chi connectivity index (χ3n) is 2.34. The lowest BCUT2D eigenvalue weighted by Crippen LogP contribution is -2.25. The molecule has 2 heteroatoms. The smallest absolute Gasteiger partial charge is 0.115 e. The van der Waals surface area contributed by atoms with Gasteiger partial charge in [-0.1, -0.05) is 32.9 Å². The second-order valence-electron chi connectivity index (χ2n) is 3.87. The topological polar surface area (TPSA) is 32.3 Å². The van der Waals surface area contributed by atoms with Crippen molar-refractivity contribution in [1.82, 2.24) is 5.32 Å². The summed E-state index contributed by atoms with van der Waals surface area (Å²) in [7, 11) is 0. The second kappa shape index (κ2) is 5.01. The van der Waals surface area contributed by atoms with Crippen molar-refractivity contribution < 1.29 is 5.11 Å². The van der Waals surface area contributed by atoms with Crippen molar-refractivity contribution in [3.05, 3.63) is 29.8 Å². The zero-order valence-corrected chi connectivity index (χ0v) is 9.12. The monoisotopic (exact) mass is 193 g/mol. The van der Waals surface area contributed by atoms with Gasteiger partial charge < -0.3 is 10.4 Å². The van der Waals surface area contributed by atoms with Crippen LogP contribution in [0.3, 0.4) is 0 Å². The number of benzene rings is 1. The molecule has 0 radical (unpaired) electrons. The normalized spacial score (nSPS) is 13.1. The van der Waals surface area contributed by atoms with Crippen molar-refractivity contribution in [2.24, 2.45) is 5.92 Å². The average Bonchev–Trinajstić information content (AvgIpc) is 2.15. The fourth-order valence-electron chi connectivity index (χ4n) is 1.64. The summed E-state index contributed by atoms with van der Waals surface area (Å²) in [5, 5.41) is 12.6. The fourth-order valence-corrected chi connectivity index (χ4v) is 1.64. The van der Waals surface area contributed by atoms with Crippen LogP contribution in [0, 0.1) is 5.92 Å². The molecule has 0 aliphatic carbocycles. The highest BCUT2D eigenvalue weighted by molar-refractivity contribution is 5.28. The summed E-state index contributed by atoms with van der Waals surface area (Å²) in [6, 6.07) is 7.80. The minimum Gasteiger partial charge on any atom is -0.508 e. The maximum atomic E-state index is 9.19. The minimum atomic E-state index is 0.327. The molecule has 0 aliphatic rings. The number of hydrogen-bond acceptors (Lipinski definition) is 2. The van der Waals surface area contributed by atoms with Gasteiger partial charge in [0.2, 0.25) is 0 Å². The zero-order valence-electron chi connectivity index (χ0n) is 9.12. The molecule has 1 rings (SSSR count). The van der Waals surface area contributed by atoms with E-state index in [0.717, 1.165) is 6.54 Å². The van der Waals surface area contributed by atoms with E-state index < -0.39 is 0 Å². The summed E-state index contributed by atoms with van der Waals surface area (Å²) in [4.78, 5) is 0. The van der Waals surface area contributed by atoms with Crippen molar-refractivity contribution >= 4 is 0 Å². The molecule has 0 saturated carbocycles. The first kappa shape index (κ1) is 11.1. The van der Waals surface area contributed by atoms with E-state index >= 15 is 0 Å². The highest BCUT2D eigenvalue weighted by Crippen LogP contribution is 2.23. The lowest BCUT2D eigenvalue weighted by molar-refractivity contribution is 0.420. The van der Waals surface area contributed by atoms with E-state index in [1.807, 2.05) is 12.1 Å². The summed E-state index contributed by atoms with van der Waals surface area (Å²) in [6.07, 6.45) is 0. The first-order valence-electron chi connectivity index (χ1n) is 5.17. The molecule has 0 aromatic heterocycles. The van der Waals surface area contributed by atoms with Crippen LogP contribution < -0.4 is 5.32 Å². The maximum Gasteiger partial charge on any atom is 0.115 e. The van der Waals surface area contributed by atoms with E-state index in [0.29, 0.717) is 17.7 Å². The molecule has 0 saturated heterocycles. The Labute approximate surface area is 86.0 Å². The molecule has 1 atom stereocenters. The van der Waals surface area contributed by atoms with Gasteiger partial charge in [-0.2, -0.15) is 0 Å². The molecule has 78 valence electrons. The van der Waals surface area contributed by atoms with Crippen LogP contribution in [0.25, 0.3) is 0 Å². The van der Waals surface area contributed by atoms with E-state index in [1.54, 1.807) is 12.1 Å². The number of rotatable bonds is 4. The van der Waals surface area contributed by atoms with Gasteiger partial charge in [0.05, 0.1) is 0 Å². The first-order valence-corrected chi connectivity index (χ1v) is 5.17. The molecule has 0 bridgehead atoms. The van der Waals surface area contributed by atoms with E-state index in [9.17, 15) is 5.11 Å². The highest BCUT2D eigenvalue weighted by Gasteiger charge is 2.13. The van der Waals surface area contributed by atoms with Gasteiger partial charge in [0.25, 0.3) is 0 Å². The lowest BCUT2D eigenvalue weighted by atomic mass is 9.96. The van der Waals surface area contributed by atoms with E-state index in [1.165, 1.54) is 5.56 Å². The van der Waals surface area contributed by atoms with Gasteiger partial charge in [-0.05, 0) is 30.2 Å². The molecule has 0 fully saturated rings. The van der Waals surface area contributed by atoms with Gasteiger partial charge in [0, 0.05) is 6.04 Å². The van der Waals surface area contributed by atoms with Crippen LogP contribution in [-0.2, 0) is 0 Å². The summed E-state index contributed by atoms with van der Waals surface area (Å²) >= 11 is 0. The Morgan fingerprint density at radius 2 is 1.79 bits per heavy atom. The second-order valence-corrected chi connectivity index (χ2v) is 3.87. The van der Waals surface area contributed by atoms with Gasteiger partial charge in [-0.25, -0.2) is 0 Å². The first-order chi connectivity index (χ1) is 6.65. The van der Waals surface area contributed by atoms with Crippen LogP contribution in [0.2, 0.25) is 0 Å². The number of hydrogen-bond donors (Lipinski definition) is 2. The molecular weight excluding hydrogens is 174 g/mol. The molecule has 2 nitrogen and oxygen atoms in total. The zero-order chi connectivity index (χ0) is 10.6. The highest BCUT2D eigenvalue weighted by atomic mass is 16.3. The van der Waals surface area contributed by atoms with Gasteiger partial charge in [-0.15, -0.1) is 0 Å². The van der Waals surface area contributed by atoms with Gasteiger partial charge in [0.1, 0.15) is 5.75 Å². The van der Waals surface area contributed by atoms with Crippen LogP contribution in [-0.4, -0.2) is 11.7 Å². The lowest BCUT2D eigenvalue weighted by Gasteiger charge is -2.22. The summed E-state index contributed by atoms with van der Waals surface area (Å²) in [5.41, 5.74) is 1.24. The molecule has 14 heavy (non-hydrogen) atoms. The van der Waals surface area contributed by atoms with Crippen molar-refractivity contribution in [3.8, 4) is 5.75 Å². The minimum absolute atomic E-state index is 0.327. The van der Waals surface area contributed by atoms with Gasteiger partial charge in [-0.3, -0.25) is 0 Å². The fraction of sp³-hybridized carbons (Fsp3) is 0.500. The van der Waals surface area contributed by atoms with Gasteiger partial charge >= 0.3 is 0 Å². The largest absolute Gasteiger partial charge is 0.508 e. The Hall–Kier alpha value is -1.02. The Kier molecular flexibility index (Phi) is 3.96. The van der Waals surface area contributed by atoms with Crippen molar-refractivity contribution in [1.29, 1.82) is 0 Å². The molecule has 0 aliphatic heterocycles.